The number of hydrogen-bond acceptors (Lipinski definition) is 8. The second kappa shape index (κ2) is 10.8. The molecule has 0 radical (unpaired) electrons. The van der Waals surface area contributed by atoms with Crippen LogP contribution in [0.4, 0.5) is 0 Å². The molecule has 0 atom stereocenters. The minimum Gasteiger partial charge on any atom is -0.497 e. The van der Waals surface area contributed by atoms with Crippen LogP contribution in [0.3, 0.4) is 0 Å². The van der Waals surface area contributed by atoms with E-state index in [0.29, 0.717) is 31.1 Å². The van der Waals surface area contributed by atoms with Gasteiger partial charge in [0.05, 0.1) is 12.0 Å². The van der Waals surface area contributed by atoms with Crippen LogP contribution in [0.2, 0.25) is 0 Å². The third-order valence-electron chi connectivity index (χ3n) is 5.65. The number of nitrogens with zero attached hydrogens (tertiary/aromatic N) is 3. The second-order valence-corrected chi connectivity index (χ2v) is 9.95. The molecular formula is C24H27N3O6S. The predicted octanol–water partition coefficient (Wildman–Crippen LogP) is 3.60. The van der Waals surface area contributed by atoms with Gasteiger partial charge in [-0.3, -0.25) is 4.79 Å². The summed E-state index contributed by atoms with van der Waals surface area (Å²) in [7, 11) is -1.88. The molecule has 3 aromatic rings. The van der Waals surface area contributed by atoms with Gasteiger partial charge in [0, 0.05) is 25.1 Å². The topological polar surface area (TPSA) is 112 Å². The molecule has 9 nitrogen and oxygen atoms in total. The average molecular weight is 486 g/mol. The van der Waals surface area contributed by atoms with Crippen molar-refractivity contribution in [2.24, 2.45) is 0 Å². The third kappa shape index (κ3) is 5.81. The fourth-order valence-electron chi connectivity index (χ4n) is 3.74. The Kier molecular flexibility index (Phi) is 7.59. The van der Waals surface area contributed by atoms with Crippen molar-refractivity contribution >= 4 is 16.0 Å². The zero-order chi connectivity index (χ0) is 24.0. The largest absolute Gasteiger partial charge is 0.497 e. The number of carbonyl (C=O) groups excluding carboxylic acids is 1. The van der Waals surface area contributed by atoms with Gasteiger partial charge in [0.15, 0.2) is 6.61 Å². The number of carbonyl (C=O) groups is 1. The average Bonchev–Trinajstić information content (AvgIpc) is 3.36. The predicted molar refractivity (Wildman–Crippen MR) is 123 cm³/mol. The van der Waals surface area contributed by atoms with E-state index < -0.39 is 16.0 Å². The van der Waals surface area contributed by atoms with Crippen molar-refractivity contribution in [2.75, 3.05) is 20.2 Å². The number of rotatable bonds is 9. The number of ether oxygens (including phenoxy) is 2. The van der Waals surface area contributed by atoms with Crippen LogP contribution in [0, 0.1) is 0 Å². The van der Waals surface area contributed by atoms with E-state index in [1.165, 1.54) is 0 Å². The Balaban J connectivity index is 1.26. The summed E-state index contributed by atoms with van der Waals surface area (Å²) in [4.78, 5) is 16.7. The molecule has 0 amide bonds. The van der Waals surface area contributed by atoms with Gasteiger partial charge in [0.1, 0.15) is 5.75 Å². The van der Waals surface area contributed by atoms with Crippen molar-refractivity contribution in [1.82, 2.24) is 14.4 Å². The molecule has 2 heterocycles. The zero-order valence-corrected chi connectivity index (χ0v) is 19.8. The van der Waals surface area contributed by atoms with Crippen LogP contribution in [0.25, 0.3) is 11.4 Å². The lowest BCUT2D eigenvalue weighted by atomic mass is 10.1. The first-order valence-corrected chi connectivity index (χ1v) is 12.6. The SMILES string of the molecule is COc1cccc(-c2noc(COC(=O)CCc3ccc(S(=O)(=O)N4CCCCC4)cc3)n2)c1. The lowest BCUT2D eigenvalue weighted by molar-refractivity contribution is -0.145. The molecule has 0 saturated carbocycles. The molecule has 0 spiro atoms. The van der Waals surface area contributed by atoms with E-state index in [1.54, 1.807) is 41.7 Å². The van der Waals surface area contributed by atoms with Crippen LogP contribution in [-0.2, 0) is 32.6 Å². The highest BCUT2D eigenvalue weighted by atomic mass is 32.2. The van der Waals surface area contributed by atoms with Crippen LogP contribution in [0.5, 0.6) is 5.75 Å². The van der Waals surface area contributed by atoms with Crippen molar-refractivity contribution < 1.29 is 27.2 Å². The van der Waals surface area contributed by atoms with E-state index >= 15 is 0 Å². The van der Waals surface area contributed by atoms with Gasteiger partial charge in [0.2, 0.25) is 15.8 Å². The van der Waals surface area contributed by atoms with Crippen LogP contribution >= 0.6 is 0 Å². The van der Waals surface area contributed by atoms with E-state index in [4.69, 9.17) is 14.0 Å². The Morgan fingerprint density at radius 1 is 1.09 bits per heavy atom. The molecule has 10 heteroatoms. The first-order valence-electron chi connectivity index (χ1n) is 11.2. The third-order valence-corrected chi connectivity index (χ3v) is 7.56. The van der Waals surface area contributed by atoms with Crippen molar-refractivity contribution in [3.8, 4) is 17.1 Å². The number of methoxy groups -OCH3 is 1. The van der Waals surface area contributed by atoms with E-state index in [1.807, 2.05) is 18.2 Å². The molecule has 1 saturated heterocycles. The summed E-state index contributed by atoms with van der Waals surface area (Å²) in [6.45, 7) is 1.01. The highest BCUT2D eigenvalue weighted by Crippen LogP contribution is 2.22. The smallest absolute Gasteiger partial charge is 0.306 e. The fourth-order valence-corrected chi connectivity index (χ4v) is 5.25. The molecule has 0 unspecified atom stereocenters. The van der Waals surface area contributed by atoms with Gasteiger partial charge in [0.25, 0.3) is 5.89 Å². The molecule has 180 valence electrons. The molecular weight excluding hydrogens is 458 g/mol. The first kappa shape index (κ1) is 23.9. The maximum Gasteiger partial charge on any atom is 0.306 e. The highest BCUT2D eigenvalue weighted by molar-refractivity contribution is 7.89. The number of aromatic nitrogens is 2. The van der Waals surface area contributed by atoms with Crippen molar-refractivity contribution in [1.29, 1.82) is 0 Å². The number of hydrogen-bond donors (Lipinski definition) is 0. The summed E-state index contributed by atoms with van der Waals surface area (Å²) in [5, 5.41) is 3.91. The maximum atomic E-state index is 12.7. The Morgan fingerprint density at radius 3 is 2.59 bits per heavy atom. The summed E-state index contributed by atoms with van der Waals surface area (Å²) in [5.41, 5.74) is 1.58. The number of benzene rings is 2. The van der Waals surface area contributed by atoms with Gasteiger partial charge in [-0.2, -0.15) is 9.29 Å². The fraction of sp³-hybridized carbons (Fsp3) is 0.375. The van der Waals surface area contributed by atoms with Gasteiger partial charge in [-0.25, -0.2) is 8.42 Å². The molecule has 2 aromatic carbocycles. The first-order chi connectivity index (χ1) is 16.5. The van der Waals surface area contributed by atoms with E-state index in [9.17, 15) is 13.2 Å². The molecule has 4 rings (SSSR count). The molecule has 0 bridgehead atoms. The molecule has 1 aliphatic heterocycles. The molecule has 1 fully saturated rings. The summed E-state index contributed by atoms with van der Waals surface area (Å²) in [6.07, 6.45) is 3.44. The Labute approximate surface area is 198 Å². The number of piperidine rings is 1. The van der Waals surface area contributed by atoms with Gasteiger partial charge >= 0.3 is 5.97 Å². The second-order valence-electron chi connectivity index (χ2n) is 8.01. The summed E-state index contributed by atoms with van der Waals surface area (Å²) >= 11 is 0. The van der Waals surface area contributed by atoms with Crippen LogP contribution in [0.15, 0.2) is 57.9 Å². The lowest BCUT2D eigenvalue weighted by Crippen LogP contribution is -2.35. The highest BCUT2D eigenvalue weighted by Gasteiger charge is 2.25. The molecule has 0 aliphatic carbocycles. The van der Waals surface area contributed by atoms with Gasteiger partial charge in [-0.05, 0) is 49.1 Å². The van der Waals surface area contributed by atoms with Crippen LogP contribution in [-0.4, -0.2) is 49.0 Å². The minimum atomic E-state index is -3.46. The zero-order valence-electron chi connectivity index (χ0n) is 19.0. The van der Waals surface area contributed by atoms with Gasteiger partial charge in [-0.1, -0.05) is 35.8 Å². The normalized spacial score (nSPS) is 14.6. The van der Waals surface area contributed by atoms with Crippen molar-refractivity contribution in [2.45, 2.75) is 43.6 Å². The number of esters is 1. The van der Waals surface area contributed by atoms with Crippen LogP contribution in [0.1, 0.15) is 37.1 Å². The summed E-state index contributed by atoms with van der Waals surface area (Å²) in [6, 6.07) is 13.9. The van der Waals surface area contributed by atoms with E-state index in [0.717, 1.165) is 30.4 Å². The summed E-state index contributed by atoms with van der Waals surface area (Å²) in [5.74, 6) is 0.835. The summed E-state index contributed by atoms with van der Waals surface area (Å²) < 4.78 is 42.6. The molecule has 34 heavy (non-hydrogen) atoms. The Hall–Kier alpha value is -3.24. The van der Waals surface area contributed by atoms with Crippen molar-refractivity contribution in [3.05, 3.63) is 60.0 Å². The monoisotopic (exact) mass is 485 g/mol. The number of aryl methyl sites for hydroxylation is 1. The number of sulfonamides is 1. The molecule has 1 aliphatic rings. The molecule has 0 N–H and O–H groups in total. The van der Waals surface area contributed by atoms with E-state index in [-0.39, 0.29) is 23.8 Å². The van der Waals surface area contributed by atoms with E-state index in [2.05, 4.69) is 10.1 Å². The van der Waals surface area contributed by atoms with Crippen molar-refractivity contribution in [3.63, 3.8) is 0 Å². The van der Waals surface area contributed by atoms with Gasteiger partial charge < -0.3 is 14.0 Å². The minimum absolute atomic E-state index is 0.122. The maximum absolute atomic E-state index is 12.7. The molecule has 1 aromatic heterocycles. The Bertz CT molecular complexity index is 1220. The van der Waals surface area contributed by atoms with Gasteiger partial charge in [-0.15, -0.1) is 0 Å². The lowest BCUT2D eigenvalue weighted by Gasteiger charge is -2.25. The quantitative estimate of drug-likeness (QED) is 0.423. The standard InChI is InChI=1S/C24H27N3O6S/c1-31-20-7-5-6-19(16-20)24-25-22(33-26-24)17-32-23(28)13-10-18-8-11-21(12-9-18)34(29,30)27-14-3-2-4-15-27/h5-9,11-12,16H,2-4,10,13-15,17H2,1H3. The Morgan fingerprint density at radius 2 is 1.85 bits per heavy atom. The van der Waals surface area contributed by atoms with Crippen LogP contribution < -0.4 is 4.74 Å².